The van der Waals surface area contributed by atoms with Crippen LogP contribution in [0.3, 0.4) is 0 Å². The number of aromatic amines is 1. The largest absolute Gasteiger partial charge is 0.464 e. The van der Waals surface area contributed by atoms with E-state index in [9.17, 15) is 9.59 Å². The van der Waals surface area contributed by atoms with Gasteiger partial charge in [-0.1, -0.05) is 6.92 Å². The predicted molar refractivity (Wildman–Crippen MR) is 49.3 cm³/mol. The molecule has 1 aromatic heterocycles. The van der Waals surface area contributed by atoms with Gasteiger partial charge in [-0.2, -0.15) is 0 Å². The van der Waals surface area contributed by atoms with Gasteiger partial charge in [-0.25, -0.2) is 4.79 Å². The standard InChI is InChI=1S/C10H11NO3/c1-5-3-7-6(9(5)12)4-8(11-7)10(13)14-2/h4-5,11H,3H2,1-2H3. The van der Waals surface area contributed by atoms with Gasteiger partial charge in [0, 0.05) is 17.2 Å². The lowest BCUT2D eigenvalue weighted by Crippen LogP contribution is -2.06. The van der Waals surface area contributed by atoms with Crippen molar-refractivity contribution in [3.05, 3.63) is 23.0 Å². The van der Waals surface area contributed by atoms with Gasteiger partial charge in [-0.15, -0.1) is 0 Å². The molecule has 1 heterocycles. The molecular formula is C10H11NO3. The number of methoxy groups -OCH3 is 1. The second-order valence-corrected chi connectivity index (χ2v) is 3.54. The fraction of sp³-hybridized carbons (Fsp3) is 0.400. The van der Waals surface area contributed by atoms with Crippen molar-refractivity contribution >= 4 is 11.8 Å². The van der Waals surface area contributed by atoms with Crippen molar-refractivity contribution in [3.63, 3.8) is 0 Å². The van der Waals surface area contributed by atoms with E-state index in [0.717, 1.165) is 5.69 Å². The molecule has 0 aromatic carbocycles. The summed E-state index contributed by atoms with van der Waals surface area (Å²) in [4.78, 5) is 25.6. The molecule has 0 spiro atoms. The van der Waals surface area contributed by atoms with Gasteiger partial charge in [0.05, 0.1) is 7.11 Å². The number of Topliss-reactive ketones (excluding diaryl/α,β-unsaturated/α-hetero) is 1. The minimum atomic E-state index is -0.431. The number of hydrogen-bond donors (Lipinski definition) is 1. The maximum absolute atomic E-state index is 11.5. The van der Waals surface area contributed by atoms with Crippen molar-refractivity contribution in [2.24, 2.45) is 5.92 Å². The topological polar surface area (TPSA) is 59.2 Å². The van der Waals surface area contributed by atoms with Crippen LogP contribution < -0.4 is 0 Å². The Labute approximate surface area is 81.3 Å². The van der Waals surface area contributed by atoms with E-state index < -0.39 is 5.97 Å². The second-order valence-electron chi connectivity index (χ2n) is 3.54. The Morgan fingerprint density at radius 1 is 1.64 bits per heavy atom. The molecule has 4 nitrogen and oxygen atoms in total. The molecule has 1 aliphatic rings. The van der Waals surface area contributed by atoms with Crippen LogP contribution in [0.1, 0.15) is 33.5 Å². The molecule has 0 saturated heterocycles. The molecule has 1 aromatic rings. The molecule has 0 radical (unpaired) electrons. The van der Waals surface area contributed by atoms with E-state index in [1.54, 1.807) is 6.07 Å². The lowest BCUT2D eigenvalue weighted by atomic mass is 10.1. The van der Waals surface area contributed by atoms with E-state index in [2.05, 4.69) is 9.72 Å². The molecule has 4 heteroatoms. The van der Waals surface area contributed by atoms with Gasteiger partial charge >= 0.3 is 5.97 Å². The van der Waals surface area contributed by atoms with Gasteiger partial charge in [0.25, 0.3) is 0 Å². The number of esters is 1. The number of ether oxygens (including phenoxy) is 1. The van der Waals surface area contributed by atoms with Crippen molar-refractivity contribution in [3.8, 4) is 0 Å². The van der Waals surface area contributed by atoms with Gasteiger partial charge < -0.3 is 9.72 Å². The van der Waals surface area contributed by atoms with E-state index in [-0.39, 0.29) is 11.7 Å². The quantitative estimate of drug-likeness (QED) is 0.681. The van der Waals surface area contributed by atoms with E-state index in [0.29, 0.717) is 17.7 Å². The van der Waals surface area contributed by atoms with Crippen LogP contribution in [0, 0.1) is 5.92 Å². The van der Waals surface area contributed by atoms with Crippen LogP contribution in [-0.2, 0) is 11.2 Å². The fourth-order valence-electron chi connectivity index (χ4n) is 1.76. The summed E-state index contributed by atoms with van der Waals surface area (Å²) in [6, 6.07) is 1.58. The first-order valence-corrected chi connectivity index (χ1v) is 4.48. The maximum Gasteiger partial charge on any atom is 0.354 e. The average molecular weight is 193 g/mol. The summed E-state index contributed by atoms with van der Waals surface area (Å²) in [6.07, 6.45) is 0.686. The molecule has 0 amide bonds. The zero-order valence-corrected chi connectivity index (χ0v) is 8.09. The molecular weight excluding hydrogens is 182 g/mol. The monoisotopic (exact) mass is 193 g/mol. The molecule has 0 fully saturated rings. The maximum atomic E-state index is 11.5. The molecule has 0 bridgehead atoms. The summed E-state index contributed by atoms with van der Waals surface area (Å²) in [5.74, 6) is -0.297. The van der Waals surface area contributed by atoms with Gasteiger partial charge in [0.2, 0.25) is 0 Å². The van der Waals surface area contributed by atoms with Crippen LogP contribution in [-0.4, -0.2) is 23.8 Å². The molecule has 1 aliphatic carbocycles. The number of H-pyrrole nitrogens is 1. The zero-order chi connectivity index (χ0) is 10.3. The molecule has 1 atom stereocenters. The van der Waals surface area contributed by atoms with E-state index in [1.807, 2.05) is 6.92 Å². The Morgan fingerprint density at radius 2 is 2.36 bits per heavy atom. The third kappa shape index (κ3) is 1.14. The number of hydrogen-bond acceptors (Lipinski definition) is 3. The number of ketones is 1. The Morgan fingerprint density at radius 3 is 2.93 bits per heavy atom. The number of aromatic nitrogens is 1. The van der Waals surface area contributed by atoms with Gasteiger partial charge in [-0.05, 0) is 12.5 Å². The lowest BCUT2D eigenvalue weighted by Gasteiger charge is -1.98. The van der Waals surface area contributed by atoms with Gasteiger partial charge in [-0.3, -0.25) is 4.79 Å². The summed E-state index contributed by atoms with van der Waals surface area (Å²) >= 11 is 0. The van der Waals surface area contributed by atoms with E-state index in [1.165, 1.54) is 7.11 Å². The Hall–Kier alpha value is -1.58. The van der Waals surface area contributed by atoms with Crippen molar-refractivity contribution < 1.29 is 14.3 Å². The molecule has 1 N–H and O–H groups in total. The van der Waals surface area contributed by atoms with Crippen molar-refractivity contribution in [1.29, 1.82) is 0 Å². The van der Waals surface area contributed by atoms with E-state index in [4.69, 9.17) is 0 Å². The zero-order valence-electron chi connectivity index (χ0n) is 8.09. The smallest absolute Gasteiger partial charge is 0.354 e. The molecule has 14 heavy (non-hydrogen) atoms. The first kappa shape index (κ1) is 8.99. The number of nitrogens with one attached hydrogen (secondary N) is 1. The second kappa shape index (κ2) is 2.97. The molecule has 0 saturated carbocycles. The predicted octanol–water partition coefficient (Wildman–Crippen LogP) is 1.18. The Kier molecular flexibility index (Phi) is 1.91. The van der Waals surface area contributed by atoms with Crippen LogP contribution in [0.15, 0.2) is 6.07 Å². The minimum absolute atomic E-state index is 0.0305. The molecule has 2 rings (SSSR count). The third-order valence-electron chi connectivity index (χ3n) is 2.53. The first-order valence-electron chi connectivity index (χ1n) is 4.48. The van der Waals surface area contributed by atoms with Crippen LogP contribution in [0.25, 0.3) is 0 Å². The first-order chi connectivity index (χ1) is 6.63. The summed E-state index contributed by atoms with van der Waals surface area (Å²) in [6.45, 7) is 1.88. The van der Waals surface area contributed by atoms with Crippen molar-refractivity contribution in [1.82, 2.24) is 4.98 Å². The van der Waals surface area contributed by atoms with Crippen molar-refractivity contribution in [2.45, 2.75) is 13.3 Å². The number of carbonyl (C=O) groups is 2. The SMILES string of the molecule is COC(=O)c1cc2c([nH]1)CC(C)C2=O. The average Bonchev–Trinajstić information content (AvgIpc) is 2.68. The number of rotatable bonds is 1. The summed E-state index contributed by atoms with van der Waals surface area (Å²) in [5.41, 5.74) is 1.85. The van der Waals surface area contributed by atoms with Gasteiger partial charge in [0.1, 0.15) is 5.69 Å². The van der Waals surface area contributed by atoms with Crippen LogP contribution in [0.4, 0.5) is 0 Å². The summed E-state index contributed by atoms with van der Waals surface area (Å²) < 4.78 is 4.55. The summed E-state index contributed by atoms with van der Waals surface area (Å²) in [5, 5.41) is 0. The number of fused-ring (bicyclic) bond motifs is 1. The van der Waals surface area contributed by atoms with E-state index >= 15 is 0 Å². The lowest BCUT2D eigenvalue weighted by molar-refractivity contribution is 0.0594. The summed E-state index contributed by atoms with van der Waals surface area (Å²) in [7, 11) is 1.32. The minimum Gasteiger partial charge on any atom is -0.464 e. The molecule has 0 aliphatic heterocycles. The van der Waals surface area contributed by atoms with Gasteiger partial charge in [0.15, 0.2) is 5.78 Å². The van der Waals surface area contributed by atoms with Crippen LogP contribution in [0.5, 0.6) is 0 Å². The third-order valence-corrected chi connectivity index (χ3v) is 2.53. The highest BCUT2D eigenvalue weighted by atomic mass is 16.5. The Bertz CT molecular complexity index is 405. The van der Waals surface area contributed by atoms with Crippen LogP contribution >= 0.6 is 0 Å². The Balaban J connectivity index is 2.37. The van der Waals surface area contributed by atoms with Crippen LogP contribution in [0.2, 0.25) is 0 Å². The normalized spacial score (nSPS) is 19.6. The highest BCUT2D eigenvalue weighted by Crippen LogP contribution is 2.26. The fourth-order valence-corrected chi connectivity index (χ4v) is 1.76. The molecule has 1 unspecified atom stereocenters. The highest BCUT2D eigenvalue weighted by Gasteiger charge is 2.30. The molecule has 74 valence electrons. The highest BCUT2D eigenvalue weighted by molar-refractivity contribution is 6.03. The van der Waals surface area contributed by atoms with Crippen molar-refractivity contribution in [2.75, 3.05) is 7.11 Å². The number of carbonyl (C=O) groups excluding carboxylic acids is 2.